The number of anilines is 1. The van der Waals surface area contributed by atoms with Gasteiger partial charge in [0, 0.05) is 37.4 Å². The molecule has 2 aliphatic rings. The summed E-state index contributed by atoms with van der Waals surface area (Å²) in [5.74, 6) is 0.386. The van der Waals surface area contributed by atoms with Crippen LogP contribution in [0.1, 0.15) is 36.5 Å². The third-order valence-electron chi connectivity index (χ3n) is 5.29. The summed E-state index contributed by atoms with van der Waals surface area (Å²) in [6.07, 6.45) is 3.34. The highest BCUT2D eigenvalue weighted by molar-refractivity contribution is 5.94. The molecule has 0 bridgehead atoms. The second kappa shape index (κ2) is 7.34. The Morgan fingerprint density at radius 3 is 2.21 bits per heavy atom. The van der Waals surface area contributed by atoms with Crippen LogP contribution in [0.15, 0.2) is 24.3 Å². The SMILES string of the molecule is CC(=O)c1ccc(N2CCN(C(=O)[C@H]3CCCCN3C)CC2)cc1. The third kappa shape index (κ3) is 3.61. The van der Waals surface area contributed by atoms with Crippen molar-refractivity contribution in [3.05, 3.63) is 29.8 Å². The largest absolute Gasteiger partial charge is 0.368 e. The van der Waals surface area contributed by atoms with Crippen molar-refractivity contribution in [1.29, 1.82) is 0 Å². The second-order valence-corrected chi connectivity index (χ2v) is 6.91. The van der Waals surface area contributed by atoms with Crippen LogP contribution in [0.3, 0.4) is 0 Å². The molecule has 2 aliphatic heterocycles. The van der Waals surface area contributed by atoms with Gasteiger partial charge in [0.2, 0.25) is 5.91 Å². The molecular formula is C19H27N3O2. The normalized spacial score (nSPS) is 22.5. The molecule has 2 saturated heterocycles. The van der Waals surface area contributed by atoms with Crippen molar-refractivity contribution in [3.63, 3.8) is 0 Å². The van der Waals surface area contributed by atoms with E-state index in [0.717, 1.165) is 56.8 Å². The highest BCUT2D eigenvalue weighted by Crippen LogP contribution is 2.21. The van der Waals surface area contributed by atoms with Crippen LogP contribution in [0, 0.1) is 0 Å². The van der Waals surface area contributed by atoms with Crippen molar-refractivity contribution in [3.8, 4) is 0 Å². The van der Waals surface area contributed by atoms with E-state index in [9.17, 15) is 9.59 Å². The molecule has 2 heterocycles. The highest BCUT2D eigenvalue weighted by atomic mass is 16.2. The molecule has 24 heavy (non-hydrogen) atoms. The standard InChI is InChI=1S/C19H27N3O2/c1-15(23)16-6-8-17(9-7-16)21-11-13-22(14-12-21)19(24)18-5-3-4-10-20(18)2/h6-9,18H,3-5,10-14H2,1-2H3/t18-/m1/s1. The minimum absolute atomic E-state index is 0.0696. The minimum atomic E-state index is 0.0696. The molecule has 0 spiro atoms. The Morgan fingerprint density at radius 2 is 1.62 bits per heavy atom. The maximum atomic E-state index is 12.8. The number of carbonyl (C=O) groups is 2. The molecule has 0 unspecified atom stereocenters. The Labute approximate surface area is 144 Å². The summed E-state index contributed by atoms with van der Waals surface area (Å²) in [5, 5.41) is 0. The van der Waals surface area contributed by atoms with Crippen molar-refractivity contribution < 1.29 is 9.59 Å². The molecule has 130 valence electrons. The minimum Gasteiger partial charge on any atom is -0.368 e. The van der Waals surface area contributed by atoms with Crippen LogP contribution in [-0.2, 0) is 4.79 Å². The number of carbonyl (C=O) groups excluding carboxylic acids is 2. The summed E-state index contributed by atoms with van der Waals surface area (Å²) in [6.45, 7) is 5.86. The number of likely N-dealkylation sites (tertiary alicyclic amines) is 1. The molecular weight excluding hydrogens is 302 g/mol. The smallest absolute Gasteiger partial charge is 0.240 e. The average Bonchev–Trinajstić information content (AvgIpc) is 2.62. The van der Waals surface area contributed by atoms with E-state index in [1.54, 1.807) is 6.92 Å². The van der Waals surface area contributed by atoms with Crippen LogP contribution >= 0.6 is 0 Å². The van der Waals surface area contributed by atoms with E-state index in [4.69, 9.17) is 0 Å². The van der Waals surface area contributed by atoms with Gasteiger partial charge in [0.05, 0.1) is 6.04 Å². The molecule has 0 aromatic heterocycles. The Kier molecular flexibility index (Phi) is 5.19. The molecule has 5 nitrogen and oxygen atoms in total. The number of nitrogens with zero attached hydrogens (tertiary/aromatic N) is 3. The molecule has 1 aromatic carbocycles. The van der Waals surface area contributed by atoms with Crippen LogP contribution in [0.4, 0.5) is 5.69 Å². The van der Waals surface area contributed by atoms with Crippen LogP contribution in [0.5, 0.6) is 0 Å². The molecule has 1 amide bonds. The van der Waals surface area contributed by atoms with Crippen molar-refractivity contribution in [2.24, 2.45) is 0 Å². The number of rotatable bonds is 3. The molecule has 5 heteroatoms. The summed E-state index contributed by atoms with van der Waals surface area (Å²) < 4.78 is 0. The first-order chi connectivity index (χ1) is 11.6. The lowest BCUT2D eigenvalue weighted by atomic mass is 10.0. The number of likely N-dealkylation sites (N-methyl/N-ethyl adjacent to an activating group) is 1. The quantitative estimate of drug-likeness (QED) is 0.796. The number of hydrogen-bond acceptors (Lipinski definition) is 4. The monoisotopic (exact) mass is 329 g/mol. The van der Waals surface area contributed by atoms with Crippen LogP contribution < -0.4 is 4.90 Å². The lowest BCUT2D eigenvalue weighted by Gasteiger charge is -2.40. The first-order valence-electron chi connectivity index (χ1n) is 8.91. The topological polar surface area (TPSA) is 43.9 Å². The molecule has 1 atom stereocenters. The van der Waals surface area contributed by atoms with E-state index < -0.39 is 0 Å². The van der Waals surface area contributed by atoms with Gasteiger partial charge < -0.3 is 9.80 Å². The van der Waals surface area contributed by atoms with E-state index in [1.807, 2.05) is 29.2 Å². The fourth-order valence-electron chi connectivity index (χ4n) is 3.69. The molecule has 1 aromatic rings. The molecule has 2 fully saturated rings. The van der Waals surface area contributed by atoms with Crippen molar-refractivity contribution in [2.75, 3.05) is 44.7 Å². The zero-order valence-electron chi connectivity index (χ0n) is 14.7. The number of hydrogen-bond donors (Lipinski definition) is 0. The van der Waals surface area contributed by atoms with Crippen molar-refractivity contribution in [2.45, 2.75) is 32.2 Å². The zero-order valence-corrected chi connectivity index (χ0v) is 14.7. The van der Waals surface area contributed by atoms with Crippen LogP contribution in [0.2, 0.25) is 0 Å². The highest BCUT2D eigenvalue weighted by Gasteiger charge is 2.31. The lowest BCUT2D eigenvalue weighted by molar-refractivity contribution is -0.137. The van der Waals surface area contributed by atoms with E-state index in [2.05, 4.69) is 16.8 Å². The van der Waals surface area contributed by atoms with Gasteiger partial charge in [-0.15, -0.1) is 0 Å². The fourth-order valence-corrected chi connectivity index (χ4v) is 3.69. The van der Waals surface area contributed by atoms with Crippen LogP contribution in [-0.4, -0.2) is 67.3 Å². The van der Waals surface area contributed by atoms with Gasteiger partial charge in [0.25, 0.3) is 0 Å². The maximum Gasteiger partial charge on any atom is 0.240 e. The number of ketones is 1. The van der Waals surface area contributed by atoms with Gasteiger partial charge in [-0.1, -0.05) is 6.42 Å². The summed E-state index contributed by atoms with van der Waals surface area (Å²) in [4.78, 5) is 30.6. The van der Waals surface area contributed by atoms with Gasteiger partial charge in [-0.3, -0.25) is 14.5 Å². The van der Waals surface area contributed by atoms with Crippen molar-refractivity contribution >= 4 is 17.4 Å². The molecule has 0 aliphatic carbocycles. The summed E-state index contributed by atoms with van der Waals surface area (Å²) >= 11 is 0. The maximum absolute atomic E-state index is 12.8. The number of piperazine rings is 1. The van der Waals surface area contributed by atoms with Gasteiger partial charge >= 0.3 is 0 Å². The summed E-state index contributed by atoms with van der Waals surface area (Å²) in [7, 11) is 2.06. The lowest BCUT2D eigenvalue weighted by Crippen LogP contribution is -2.55. The summed E-state index contributed by atoms with van der Waals surface area (Å²) in [5.41, 5.74) is 1.87. The fraction of sp³-hybridized carbons (Fsp3) is 0.579. The van der Waals surface area contributed by atoms with Gasteiger partial charge in [0.15, 0.2) is 5.78 Å². The Bertz CT molecular complexity index is 591. The predicted octanol–water partition coefficient (Wildman–Crippen LogP) is 2.02. The van der Waals surface area contributed by atoms with Crippen molar-refractivity contribution in [1.82, 2.24) is 9.80 Å². The number of Topliss-reactive ketones (excluding diaryl/α,β-unsaturated/α-hetero) is 1. The number of amides is 1. The first-order valence-corrected chi connectivity index (χ1v) is 8.91. The van der Waals surface area contributed by atoms with E-state index in [-0.39, 0.29) is 11.8 Å². The van der Waals surface area contributed by atoms with Gasteiger partial charge in [-0.25, -0.2) is 0 Å². The third-order valence-corrected chi connectivity index (χ3v) is 5.29. The Morgan fingerprint density at radius 1 is 0.958 bits per heavy atom. The average molecular weight is 329 g/mol. The predicted molar refractivity (Wildman–Crippen MR) is 95.5 cm³/mol. The first kappa shape index (κ1) is 17.0. The second-order valence-electron chi connectivity index (χ2n) is 6.91. The van der Waals surface area contributed by atoms with E-state index in [0.29, 0.717) is 5.91 Å². The number of piperidine rings is 1. The van der Waals surface area contributed by atoms with E-state index >= 15 is 0 Å². The molecule has 0 radical (unpaired) electrons. The van der Waals surface area contributed by atoms with Crippen LogP contribution in [0.25, 0.3) is 0 Å². The molecule has 0 saturated carbocycles. The summed E-state index contributed by atoms with van der Waals surface area (Å²) in [6, 6.07) is 7.84. The van der Waals surface area contributed by atoms with E-state index in [1.165, 1.54) is 6.42 Å². The zero-order chi connectivity index (χ0) is 17.1. The number of benzene rings is 1. The molecule has 0 N–H and O–H groups in total. The Hall–Kier alpha value is -1.88. The Balaban J connectivity index is 1.57. The van der Waals surface area contributed by atoms with Gasteiger partial charge in [-0.05, 0) is 57.6 Å². The van der Waals surface area contributed by atoms with Gasteiger partial charge in [0.1, 0.15) is 0 Å². The van der Waals surface area contributed by atoms with Gasteiger partial charge in [-0.2, -0.15) is 0 Å². The molecule has 3 rings (SSSR count).